The molecule has 1 aliphatic heterocycles. The number of hydrogen-bond donors (Lipinski definition) is 1. The minimum absolute atomic E-state index is 0.196. The number of rotatable bonds is 4. The molecule has 0 aromatic heterocycles. The van der Waals surface area contributed by atoms with E-state index in [1.165, 1.54) is 0 Å². The van der Waals surface area contributed by atoms with Gasteiger partial charge in [0.15, 0.2) is 0 Å². The van der Waals surface area contributed by atoms with Crippen molar-refractivity contribution in [1.82, 2.24) is 4.90 Å². The molecule has 4 heteroatoms. The van der Waals surface area contributed by atoms with Crippen molar-refractivity contribution in [2.75, 3.05) is 20.1 Å². The van der Waals surface area contributed by atoms with E-state index in [2.05, 4.69) is 31.0 Å². The van der Waals surface area contributed by atoms with Crippen LogP contribution in [0.1, 0.15) is 32.6 Å². The minimum atomic E-state index is 0.196. The molecular formula is C18H26N2O2. The molecule has 1 heterocycles. The molecule has 2 aliphatic carbocycles. The van der Waals surface area contributed by atoms with Gasteiger partial charge in [0, 0.05) is 37.7 Å². The summed E-state index contributed by atoms with van der Waals surface area (Å²) in [6, 6.07) is 0. The Morgan fingerprint density at radius 3 is 2.55 bits per heavy atom. The summed E-state index contributed by atoms with van der Waals surface area (Å²) >= 11 is 0. The Kier molecular flexibility index (Phi) is 4.57. The molecule has 3 aliphatic rings. The van der Waals surface area contributed by atoms with E-state index >= 15 is 0 Å². The molecule has 120 valence electrons. The van der Waals surface area contributed by atoms with Crippen LogP contribution in [0.15, 0.2) is 47.1 Å². The maximum Gasteiger partial charge on any atom is 0.126 e. The zero-order valence-electron chi connectivity index (χ0n) is 13.5. The molecule has 0 amide bonds. The van der Waals surface area contributed by atoms with Gasteiger partial charge < -0.3 is 20.1 Å². The van der Waals surface area contributed by atoms with Crippen LogP contribution in [0.4, 0.5) is 0 Å². The lowest BCUT2D eigenvalue weighted by Crippen LogP contribution is -2.34. The predicted octanol–water partition coefficient (Wildman–Crippen LogP) is 2.85. The number of nitrogens with two attached hydrogens (primary N) is 1. The number of piperidine rings is 1. The van der Waals surface area contributed by atoms with E-state index in [1.54, 1.807) is 0 Å². The Morgan fingerprint density at radius 2 is 1.91 bits per heavy atom. The molecule has 1 saturated heterocycles. The number of nitrogens with zero attached hydrogens (tertiary/aromatic N) is 1. The smallest absolute Gasteiger partial charge is 0.126 e. The van der Waals surface area contributed by atoms with E-state index in [0.717, 1.165) is 55.1 Å². The number of likely N-dealkylation sites (tertiary alicyclic amines) is 1. The quantitative estimate of drug-likeness (QED) is 0.811. The first kappa shape index (κ1) is 15.2. The summed E-state index contributed by atoms with van der Waals surface area (Å²) in [7, 11) is 2.16. The van der Waals surface area contributed by atoms with Gasteiger partial charge in [-0.05, 0) is 44.5 Å². The molecule has 0 aromatic carbocycles. The molecule has 0 saturated carbocycles. The van der Waals surface area contributed by atoms with Gasteiger partial charge in [-0.2, -0.15) is 0 Å². The van der Waals surface area contributed by atoms with Crippen LogP contribution >= 0.6 is 0 Å². The molecule has 2 N–H and O–H groups in total. The normalized spacial score (nSPS) is 26.9. The topological polar surface area (TPSA) is 47.7 Å². The zero-order valence-corrected chi connectivity index (χ0v) is 13.5. The van der Waals surface area contributed by atoms with E-state index in [-0.39, 0.29) is 12.2 Å². The van der Waals surface area contributed by atoms with Crippen molar-refractivity contribution in [3.05, 3.63) is 47.1 Å². The van der Waals surface area contributed by atoms with E-state index in [9.17, 15) is 0 Å². The van der Waals surface area contributed by atoms with Gasteiger partial charge in [-0.3, -0.25) is 0 Å². The fourth-order valence-corrected chi connectivity index (χ4v) is 2.93. The highest BCUT2D eigenvalue weighted by Crippen LogP contribution is 2.27. The summed E-state index contributed by atoms with van der Waals surface area (Å²) in [5.41, 5.74) is 8.00. The Labute approximate surface area is 132 Å². The second-order valence-electron chi connectivity index (χ2n) is 6.49. The Hall–Kier alpha value is -1.68. The standard InChI is InChI=1S/C18H26N2O2/c1-13-10-14(19)11-17(21-15-4-3-5-15)12-18(13)22-16-6-8-20(2)9-7-16/h3-4,10,12,15-16H,5-9,11,19H2,1-2H3. The van der Waals surface area contributed by atoms with E-state index in [0.29, 0.717) is 6.42 Å². The van der Waals surface area contributed by atoms with Gasteiger partial charge >= 0.3 is 0 Å². The number of ether oxygens (including phenoxy) is 2. The first-order valence-corrected chi connectivity index (χ1v) is 8.16. The van der Waals surface area contributed by atoms with Crippen molar-refractivity contribution in [3.63, 3.8) is 0 Å². The predicted molar refractivity (Wildman–Crippen MR) is 87.9 cm³/mol. The highest BCUT2D eigenvalue weighted by Gasteiger charge is 2.21. The van der Waals surface area contributed by atoms with E-state index in [1.807, 2.05) is 12.2 Å². The third kappa shape index (κ3) is 3.74. The molecule has 22 heavy (non-hydrogen) atoms. The Balaban J connectivity index is 1.71. The molecule has 1 atom stereocenters. The van der Waals surface area contributed by atoms with Gasteiger partial charge in [0.1, 0.15) is 23.7 Å². The maximum atomic E-state index is 6.26. The molecule has 0 spiro atoms. The van der Waals surface area contributed by atoms with Gasteiger partial charge in [0.05, 0.1) is 0 Å². The third-order valence-electron chi connectivity index (χ3n) is 4.44. The van der Waals surface area contributed by atoms with Crippen molar-refractivity contribution < 1.29 is 9.47 Å². The second kappa shape index (κ2) is 6.61. The van der Waals surface area contributed by atoms with Gasteiger partial charge in [0.2, 0.25) is 0 Å². The summed E-state index contributed by atoms with van der Waals surface area (Å²) < 4.78 is 12.3. The van der Waals surface area contributed by atoms with Gasteiger partial charge in [-0.15, -0.1) is 0 Å². The monoisotopic (exact) mass is 302 g/mol. The summed E-state index contributed by atoms with van der Waals surface area (Å²) in [5, 5.41) is 0. The summed E-state index contributed by atoms with van der Waals surface area (Å²) in [6.07, 6.45) is 12.5. The highest BCUT2D eigenvalue weighted by atomic mass is 16.5. The molecular weight excluding hydrogens is 276 g/mol. The van der Waals surface area contributed by atoms with E-state index in [4.69, 9.17) is 15.2 Å². The van der Waals surface area contributed by atoms with Crippen LogP contribution in [-0.4, -0.2) is 37.2 Å². The molecule has 4 nitrogen and oxygen atoms in total. The summed E-state index contributed by atoms with van der Waals surface area (Å²) in [5.74, 6) is 1.82. The third-order valence-corrected chi connectivity index (χ3v) is 4.44. The van der Waals surface area contributed by atoms with Crippen molar-refractivity contribution in [1.29, 1.82) is 0 Å². The van der Waals surface area contributed by atoms with Gasteiger partial charge in [-0.25, -0.2) is 0 Å². The maximum absolute atomic E-state index is 6.26. The van der Waals surface area contributed by atoms with Crippen molar-refractivity contribution in [3.8, 4) is 0 Å². The molecule has 1 fully saturated rings. The van der Waals surface area contributed by atoms with Crippen LogP contribution in [0.3, 0.4) is 0 Å². The van der Waals surface area contributed by atoms with Crippen LogP contribution < -0.4 is 5.73 Å². The fraction of sp³-hybridized carbons (Fsp3) is 0.556. The molecule has 0 aromatic rings. The molecule has 3 rings (SSSR count). The number of hydrogen-bond acceptors (Lipinski definition) is 4. The summed E-state index contributed by atoms with van der Waals surface area (Å²) in [6.45, 7) is 4.24. The van der Waals surface area contributed by atoms with Crippen LogP contribution in [0.2, 0.25) is 0 Å². The van der Waals surface area contributed by atoms with Gasteiger partial charge in [-0.1, -0.05) is 6.08 Å². The zero-order chi connectivity index (χ0) is 15.5. The summed E-state index contributed by atoms with van der Waals surface area (Å²) in [4.78, 5) is 2.35. The average molecular weight is 302 g/mol. The first-order chi connectivity index (χ1) is 10.6. The highest BCUT2D eigenvalue weighted by molar-refractivity contribution is 5.36. The van der Waals surface area contributed by atoms with Crippen LogP contribution in [0.5, 0.6) is 0 Å². The van der Waals surface area contributed by atoms with Crippen molar-refractivity contribution in [2.45, 2.75) is 44.8 Å². The van der Waals surface area contributed by atoms with E-state index < -0.39 is 0 Å². The fourth-order valence-electron chi connectivity index (χ4n) is 2.93. The molecule has 1 unspecified atom stereocenters. The van der Waals surface area contributed by atoms with Crippen molar-refractivity contribution in [2.24, 2.45) is 5.73 Å². The molecule has 0 bridgehead atoms. The average Bonchev–Trinajstić information content (AvgIpc) is 2.56. The largest absolute Gasteiger partial charge is 0.490 e. The lowest BCUT2D eigenvalue weighted by atomic mass is 10.1. The van der Waals surface area contributed by atoms with Crippen LogP contribution in [0.25, 0.3) is 0 Å². The minimum Gasteiger partial charge on any atom is -0.490 e. The Morgan fingerprint density at radius 1 is 1.18 bits per heavy atom. The Bertz CT molecular complexity index is 537. The lowest BCUT2D eigenvalue weighted by Gasteiger charge is -2.30. The number of allylic oxidation sites excluding steroid dienone is 3. The first-order valence-electron chi connectivity index (χ1n) is 8.16. The molecule has 0 radical (unpaired) electrons. The van der Waals surface area contributed by atoms with Crippen LogP contribution in [0, 0.1) is 0 Å². The van der Waals surface area contributed by atoms with Gasteiger partial charge in [0.25, 0.3) is 0 Å². The SMILES string of the molecule is CC1=C(OC2CCN(C)CC2)C=C(OC2C=CC2)CC(N)=C1. The second-order valence-corrected chi connectivity index (χ2v) is 6.49. The van der Waals surface area contributed by atoms with Crippen molar-refractivity contribution >= 4 is 0 Å². The lowest BCUT2D eigenvalue weighted by molar-refractivity contribution is 0.0614. The van der Waals surface area contributed by atoms with Crippen LogP contribution in [-0.2, 0) is 9.47 Å².